The molecule has 1 fully saturated rings. The first-order chi connectivity index (χ1) is 11.1. The van der Waals surface area contributed by atoms with Gasteiger partial charge in [0.25, 0.3) is 5.91 Å². The third kappa shape index (κ3) is 4.30. The summed E-state index contributed by atoms with van der Waals surface area (Å²) in [5.41, 5.74) is 6.88. The van der Waals surface area contributed by atoms with E-state index in [1.165, 1.54) is 0 Å². The minimum Gasteiger partial charge on any atom is -0.381 e. The average Bonchev–Trinajstić information content (AvgIpc) is 2.60. The van der Waals surface area contributed by atoms with Gasteiger partial charge in [0.05, 0.1) is 5.41 Å². The molecule has 0 atom stereocenters. The largest absolute Gasteiger partial charge is 0.381 e. The van der Waals surface area contributed by atoms with Crippen LogP contribution >= 0.6 is 0 Å². The van der Waals surface area contributed by atoms with E-state index in [1.807, 2.05) is 19.1 Å². The summed E-state index contributed by atoms with van der Waals surface area (Å²) in [6, 6.07) is 7.23. The van der Waals surface area contributed by atoms with Crippen molar-refractivity contribution in [2.45, 2.75) is 26.3 Å². The molecule has 1 aromatic rings. The Hall–Kier alpha value is -1.92. The minimum atomic E-state index is -0.515. The number of ether oxygens (including phenoxy) is 1. The van der Waals surface area contributed by atoms with Gasteiger partial charge in [-0.05, 0) is 37.5 Å². The van der Waals surface area contributed by atoms with Crippen molar-refractivity contribution in [1.82, 2.24) is 10.6 Å². The molecule has 1 saturated heterocycles. The van der Waals surface area contributed by atoms with Crippen molar-refractivity contribution in [3.8, 4) is 0 Å². The van der Waals surface area contributed by atoms with Crippen LogP contribution in [0.5, 0.6) is 0 Å². The van der Waals surface area contributed by atoms with Crippen molar-refractivity contribution in [3.63, 3.8) is 0 Å². The van der Waals surface area contributed by atoms with Crippen LogP contribution in [0.4, 0.5) is 0 Å². The SMILES string of the molecule is CCNC(=O)c1ccc(CNC(=O)C2(CN)CCOCC2)cc1. The number of nitrogens with one attached hydrogen (secondary N) is 2. The molecule has 0 bridgehead atoms. The summed E-state index contributed by atoms with van der Waals surface area (Å²) in [6.45, 7) is 4.39. The fourth-order valence-electron chi connectivity index (χ4n) is 2.69. The number of amides is 2. The second kappa shape index (κ2) is 8.08. The van der Waals surface area contributed by atoms with Gasteiger partial charge in [-0.15, -0.1) is 0 Å². The molecule has 6 nitrogen and oxygen atoms in total. The number of hydrogen-bond donors (Lipinski definition) is 3. The lowest BCUT2D eigenvalue weighted by Crippen LogP contribution is -2.48. The molecule has 1 aliphatic heterocycles. The van der Waals surface area contributed by atoms with Gasteiger partial charge in [0.1, 0.15) is 0 Å². The highest BCUT2D eigenvalue weighted by Crippen LogP contribution is 2.29. The standard InChI is InChI=1S/C17H25N3O3/c1-2-19-15(21)14-5-3-13(4-6-14)11-20-16(22)17(12-18)7-9-23-10-8-17/h3-6H,2,7-12,18H2,1H3,(H,19,21)(H,20,22). The zero-order chi connectivity index (χ0) is 16.7. The molecule has 2 rings (SSSR count). The molecular formula is C17H25N3O3. The molecule has 0 aliphatic carbocycles. The van der Waals surface area contributed by atoms with Gasteiger partial charge >= 0.3 is 0 Å². The monoisotopic (exact) mass is 319 g/mol. The normalized spacial score (nSPS) is 16.6. The van der Waals surface area contributed by atoms with Gasteiger partial charge in [-0.3, -0.25) is 9.59 Å². The summed E-state index contributed by atoms with van der Waals surface area (Å²) in [6.07, 6.45) is 1.32. The Morgan fingerprint density at radius 3 is 2.39 bits per heavy atom. The van der Waals surface area contributed by atoms with E-state index >= 15 is 0 Å². The molecule has 1 aliphatic rings. The molecular weight excluding hydrogens is 294 g/mol. The third-order valence-electron chi connectivity index (χ3n) is 4.33. The number of rotatable bonds is 6. The predicted octanol–water partition coefficient (Wildman–Crippen LogP) is 0.808. The first-order valence-corrected chi connectivity index (χ1v) is 8.04. The summed E-state index contributed by atoms with van der Waals surface area (Å²) in [7, 11) is 0. The van der Waals surface area contributed by atoms with Crippen molar-refractivity contribution in [2.24, 2.45) is 11.1 Å². The Balaban J connectivity index is 1.92. The van der Waals surface area contributed by atoms with Crippen molar-refractivity contribution in [3.05, 3.63) is 35.4 Å². The van der Waals surface area contributed by atoms with Crippen molar-refractivity contribution < 1.29 is 14.3 Å². The molecule has 4 N–H and O–H groups in total. The molecule has 2 amide bonds. The highest BCUT2D eigenvalue weighted by molar-refractivity contribution is 5.94. The Kier molecular flexibility index (Phi) is 6.12. The summed E-state index contributed by atoms with van der Waals surface area (Å²) >= 11 is 0. The van der Waals surface area contributed by atoms with Gasteiger partial charge in [0.15, 0.2) is 0 Å². The molecule has 0 unspecified atom stereocenters. The van der Waals surface area contributed by atoms with Crippen LogP contribution in [0.15, 0.2) is 24.3 Å². The summed E-state index contributed by atoms with van der Waals surface area (Å²) in [4.78, 5) is 24.2. The van der Waals surface area contributed by atoms with E-state index in [4.69, 9.17) is 10.5 Å². The maximum atomic E-state index is 12.5. The van der Waals surface area contributed by atoms with E-state index in [0.717, 1.165) is 5.56 Å². The molecule has 6 heteroatoms. The zero-order valence-corrected chi connectivity index (χ0v) is 13.6. The van der Waals surface area contributed by atoms with Crippen molar-refractivity contribution in [2.75, 3.05) is 26.3 Å². The molecule has 0 aromatic heterocycles. The van der Waals surface area contributed by atoms with Crippen LogP contribution in [0.25, 0.3) is 0 Å². The van der Waals surface area contributed by atoms with E-state index in [9.17, 15) is 9.59 Å². The van der Waals surface area contributed by atoms with Gasteiger partial charge in [0.2, 0.25) is 5.91 Å². The maximum Gasteiger partial charge on any atom is 0.251 e. The highest BCUT2D eigenvalue weighted by atomic mass is 16.5. The predicted molar refractivity (Wildman–Crippen MR) is 87.8 cm³/mol. The van der Waals surface area contributed by atoms with E-state index in [2.05, 4.69) is 10.6 Å². The first-order valence-electron chi connectivity index (χ1n) is 8.04. The summed E-state index contributed by atoms with van der Waals surface area (Å²) < 4.78 is 5.32. The maximum absolute atomic E-state index is 12.5. The molecule has 126 valence electrons. The zero-order valence-electron chi connectivity index (χ0n) is 13.6. The molecule has 23 heavy (non-hydrogen) atoms. The van der Waals surface area contributed by atoms with Crippen molar-refractivity contribution in [1.29, 1.82) is 0 Å². The van der Waals surface area contributed by atoms with Crippen LogP contribution in [-0.2, 0) is 16.1 Å². The van der Waals surface area contributed by atoms with Crippen LogP contribution < -0.4 is 16.4 Å². The first kappa shape index (κ1) is 17.4. The number of carbonyl (C=O) groups is 2. The second-order valence-corrected chi connectivity index (χ2v) is 5.84. The highest BCUT2D eigenvalue weighted by Gasteiger charge is 2.38. The molecule has 0 radical (unpaired) electrons. The lowest BCUT2D eigenvalue weighted by molar-refractivity contribution is -0.136. The molecule has 0 saturated carbocycles. The average molecular weight is 319 g/mol. The number of nitrogens with two attached hydrogens (primary N) is 1. The smallest absolute Gasteiger partial charge is 0.251 e. The Morgan fingerprint density at radius 1 is 1.17 bits per heavy atom. The fraction of sp³-hybridized carbons (Fsp3) is 0.529. The fourth-order valence-corrected chi connectivity index (χ4v) is 2.69. The number of benzene rings is 1. The van der Waals surface area contributed by atoms with Gasteiger partial charge in [-0.25, -0.2) is 0 Å². The number of hydrogen-bond acceptors (Lipinski definition) is 4. The van der Waals surface area contributed by atoms with E-state index in [-0.39, 0.29) is 11.8 Å². The molecule has 1 aromatic carbocycles. The van der Waals surface area contributed by atoms with Crippen LogP contribution in [-0.4, -0.2) is 38.1 Å². The quantitative estimate of drug-likeness (QED) is 0.723. The Morgan fingerprint density at radius 2 is 1.83 bits per heavy atom. The van der Waals surface area contributed by atoms with E-state index in [1.54, 1.807) is 12.1 Å². The van der Waals surface area contributed by atoms with Crippen LogP contribution in [0.1, 0.15) is 35.7 Å². The molecule has 1 heterocycles. The van der Waals surface area contributed by atoms with Gasteiger partial charge in [0, 0.05) is 38.4 Å². The Labute approximate surface area is 136 Å². The summed E-state index contributed by atoms with van der Waals surface area (Å²) in [5.74, 6) is -0.108. The lowest BCUT2D eigenvalue weighted by Gasteiger charge is -2.34. The van der Waals surface area contributed by atoms with Crippen molar-refractivity contribution >= 4 is 11.8 Å². The van der Waals surface area contributed by atoms with E-state index < -0.39 is 5.41 Å². The van der Waals surface area contributed by atoms with Crippen LogP contribution in [0.2, 0.25) is 0 Å². The second-order valence-electron chi connectivity index (χ2n) is 5.84. The minimum absolute atomic E-state index is 0.0175. The molecule has 0 spiro atoms. The van der Waals surface area contributed by atoms with Crippen LogP contribution in [0.3, 0.4) is 0 Å². The van der Waals surface area contributed by atoms with Gasteiger partial charge < -0.3 is 21.1 Å². The van der Waals surface area contributed by atoms with Gasteiger partial charge in [-0.2, -0.15) is 0 Å². The third-order valence-corrected chi connectivity index (χ3v) is 4.33. The van der Waals surface area contributed by atoms with Crippen LogP contribution in [0, 0.1) is 5.41 Å². The summed E-state index contributed by atoms with van der Waals surface area (Å²) in [5, 5.41) is 5.71. The lowest BCUT2D eigenvalue weighted by atomic mass is 9.79. The Bertz CT molecular complexity index is 537. The number of carbonyl (C=O) groups excluding carboxylic acids is 2. The topological polar surface area (TPSA) is 93.5 Å². The van der Waals surface area contributed by atoms with Gasteiger partial charge in [-0.1, -0.05) is 12.1 Å². The van der Waals surface area contributed by atoms with E-state index in [0.29, 0.717) is 51.3 Å².